The fourth-order valence-electron chi connectivity index (χ4n) is 2.77. The van der Waals surface area contributed by atoms with Gasteiger partial charge in [0.25, 0.3) is 5.78 Å². The van der Waals surface area contributed by atoms with Crippen molar-refractivity contribution in [1.82, 2.24) is 19.6 Å². The number of anilines is 2. The summed E-state index contributed by atoms with van der Waals surface area (Å²) in [5, 5.41) is 10.9. The fourth-order valence-corrected chi connectivity index (χ4v) is 3.81. The van der Waals surface area contributed by atoms with Crippen LogP contribution in [0, 0.1) is 0 Å². The second kappa shape index (κ2) is 6.48. The third kappa shape index (κ3) is 2.86. The minimum Gasteiger partial charge on any atom is -0.329 e. The van der Waals surface area contributed by atoms with Crippen LogP contribution in [0.15, 0.2) is 52.1 Å². The van der Waals surface area contributed by atoms with E-state index in [0.29, 0.717) is 10.8 Å². The zero-order valence-electron chi connectivity index (χ0n) is 13.4. The van der Waals surface area contributed by atoms with Gasteiger partial charge in [-0.3, -0.25) is 4.40 Å². The average molecular weight is 435 g/mol. The highest BCUT2D eigenvalue weighted by atomic mass is 79.9. The molecule has 0 amide bonds. The van der Waals surface area contributed by atoms with Crippen molar-refractivity contribution in [2.75, 3.05) is 18.2 Å². The summed E-state index contributed by atoms with van der Waals surface area (Å²) < 4.78 is 2.95. The third-order valence-electron chi connectivity index (χ3n) is 3.96. The number of nitrogens with zero attached hydrogens (tertiary/aromatic N) is 5. The van der Waals surface area contributed by atoms with Crippen LogP contribution in [0.1, 0.15) is 0 Å². The van der Waals surface area contributed by atoms with Crippen molar-refractivity contribution in [3.8, 4) is 0 Å². The topological polar surface area (TPSA) is 46.3 Å². The van der Waals surface area contributed by atoms with Crippen molar-refractivity contribution in [2.24, 2.45) is 0 Å². The molecule has 25 heavy (non-hydrogen) atoms. The Morgan fingerprint density at radius 2 is 2.00 bits per heavy atom. The maximum atomic E-state index is 6.25. The van der Waals surface area contributed by atoms with E-state index in [2.05, 4.69) is 26.1 Å². The van der Waals surface area contributed by atoms with E-state index in [-0.39, 0.29) is 0 Å². The standard InChI is InChI=1S/C17H13BrClN5S/c1-23(12-5-3-4-10(18)8-12)15-13-7-6-11(19)9-14(13)24-16(20-15)21-22-17(24)25-2/h3-9H,1-2H3. The zero-order valence-corrected chi connectivity index (χ0v) is 16.6. The lowest BCUT2D eigenvalue weighted by Crippen LogP contribution is -2.13. The van der Waals surface area contributed by atoms with E-state index >= 15 is 0 Å². The van der Waals surface area contributed by atoms with Crippen molar-refractivity contribution < 1.29 is 0 Å². The minimum atomic E-state index is 0.552. The molecule has 2 aromatic carbocycles. The Bertz CT molecular complexity index is 1100. The summed E-state index contributed by atoms with van der Waals surface area (Å²) in [6.07, 6.45) is 1.97. The van der Waals surface area contributed by atoms with Crippen molar-refractivity contribution in [3.05, 3.63) is 52.0 Å². The molecule has 0 radical (unpaired) electrons. The molecule has 0 aliphatic carbocycles. The first kappa shape index (κ1) is 16.6. The van der Waals surface area contributed by atoms with E-state index in [1.165, 1.54) is 11.8 Å². The van der Waals surface area contributed by atoms with Gasteiger partial charge in [-0.2, -0.15) is 4.98 Å². The smallest absolute Gasteiger partial charge is 0.258 e. The molecule has 0 atom stereocenters. The first-order valence-corrected chi connectivity index (χ1v) is 9.86. The van der Waals surface area contributed by atoms with Gasteiger partial charge in [-0.05, 0) is 42.7 Å². The molecule has 0 aliphatic rings. The van der Waals surface area contributed by atoms with Crippen LogP contribution < -0.4 is 4.90 Å². The highest BCUT2D eigenvalue weighted by molar-refractivity contribution is 9.10. The van der Waals surface area contributed by atoms with E-state index in [4.69, 9.17) is 16.6 Å². The van der Waals surface area contributed by atoms with Crippen molar-refractivity contribution in [2.45, 2.75) is 5.16 Å². The van der Waals surface area contributed by atoms with Crippen molar-refractivity contribution in [1.29, 1.82) is 0 Å². The highest BCUT2D eigenvalue weighted by Crippen LogP contribution is 2.33. The van der Waals surface area contributed by atoms with E-state index in [0.717, 1.165) is 32.0 Å². The van der Waals surface area contributed by atoms with Gasteiger partial charge < -0.3 is 4.90 Å². The SMILES string of the molecule is CSc1nnc2nc(N(C)c3cccc(Br)c3)c3ccc(Cl)cc3n12. The average Bonchev–Trinajstić information content (AvgIpc) is 3.03. The molecule has 0 saturated carbocycles. The molecular weight excluding hydrogens is 422 g/mol. The number of rotatable bonds is 3. The van der Waals surface area contributed by atoms with Crippen LogP contribution in [0.25, 0.3) is 16.7 Å². The Balaban J connectivity index is 2.03. The summed E-state index contributed by atoms with van der Waals surface area (Å²) in [5.41, 5.74) is 1.95. The Morgan fingerprint density at radius 1 is 1.16 bits per heavy atom. The molecule has 0 spiro atoms. The van der Waals surface area contributed by atoms with E-state index in [1.807, 2.05) is 65.1 Å². The van der Waals surface area contributed by atoms with Gasteiger partial charge in [-0.15, -0.1) is 10.2 Å². The van der Waals surface area contributed by atoms with Gasteiger partial charge in [0.1, 0.15) is 5.82 Å². The number of fused-ring (bicyclic) bond motifs is 3. The van der Waals surface area contributed by atoms with E-state index in [1.54, 1.807) is 0 Å². The Kier molecular flexibility index (Phi) is 4.31. The molecule has 0 fully saturated rings. The van der Waals surface area contributed by atoms with Gasteiger partial charge in [-0.25, -0.2) is 0 Å². The highest BCUT2D eigenvalue weighted by Gasteiger charge is 2.17. The maximum Gasteiger partial charge on any atom is 0.258 e. The van der Waals surface area contributed by atoms with Gasteiger partial charge in [0.2, 0.25) is 0 Å². The van der Waals surface area contributed by atoms with Crippen molar-refractivity contribution >= 4 is 67.5 Å². The Hall–Kier alpha value is -1.83. The van der Waals surface area contributed by atoms with Crippen LogP contribution >= 0.6 is 39.3 Å². The lowest BCUT2D eigenvalue weighted by molar-refractivity contribution is 0.942. The van der Waals surface area contributed by atoms with Crippen LogP contribution in [-0.4, -0.2) is 32.9 Å². The van der Waals surface area contributed by atoms with E-state index in [9.17, 15) is 0 Å². The molecule has 126 valence electrons. The predicted molar refractivity (Wildman–Crippen MR) is 107 cm³/mol. The van der Waals surface area contributed by atoms with Crippen LogP contribution in [0.4, 0.5) is 11.5 Å². The molecule has 5 nitrogen and oxygen atoms in total. The number of benzene rings is 2. The quantitative estimate of drug-likeness (QED) is 0.416. The summed E-state index contributed by atoms with van der Waals surface area (Å²) in [4.78, 5) is 6.79. The van der Waals surface area contributed by atoms with Crippen LogP contribution in [0.2, 0.25) is 5.02 Å². The fraction of sp³-hybridized carbons (Fsp3) is 0.118. The second-order valence-electron chi connectivity index (χ2n) is 5.46. The molecule has 0 bridgehead atoms. The molecule has 4 rings (SSSR count). The lowest BCUT2D eigenvalue weighted by atomic mass is 10.2. The molecule has 0 saturated heterocycles. The number of hydrogen-bond donors (Lipinski definition) is 0. The number of hydrogen-bond acceptors (Lipinski definition) is 5. The van der Waals surface area contributed by atoms with Crippen LogP contribution in [0.5, 0.6) is 0 Å². The monoisotopic (exact) mass is 433 g/mol. The van der Waals surface area contributed by atoms with Gasteiger partial charge in [0, 0.05) is 27.6 Å². The molecule has 0 aliphatic heterocycles. The zero-order chi connectivity index (χ0) is 17.6. The van der Waals surface area contributed by atoms with Gasteiger partial charge in [0.05, 0.1) is 5.52 Å². The normalized spacial score (nSPS) is 11.4. The first-order chi connectivity index (χ1) is 12.1. The maximum absolute atomic E-state index is 6.25. The Morgan fingerprint density at radius 3 is 2.76 bits per heavy atom. The van der Waals surface area contributed by atoms with Gasteiger partial charge >= 0.3 is 0 Å². The molecule has 2 heterocycles. The summed E-state index contributed by atoms with van der Waals surface area (Å²) >= 11 is 11.3. The molecule has 0 N–H and O–H groups in total. The summed E-state index contributed by atoms with van der Waals surface area (Å²) in [6, 6.07) is 13.9. The third-order valence-corrected chi connectivity index (χ3v) is 5.32. The van der Waals surface area contributed by atoms with E-state index < -0.39 is 0 Å². The summed E-state index contributed by atoms with van der Waals surface area (Å²) in [7, 11) is 1.99. The van der Waals surface area contributed by atoms with Gasteiger partial charge in [-0.1, -0.05) is 45.4 Å². The summed E-state index contributed by atoms with van der Waals surface area (Å²) in [5.74, 6) is 1.35. The molecule has 0 unspecified atom stereocenters. The second-order valence-corrected chi connectivity index (χ2v) is 7.58. The minimum absolute atomic E-state index is 0.552. The number of aromatic nitrogens is 4. The Labute approximate surface area is 162 Å². The van der Waals surface area contributed by atoms with Gasteiger partial charge in [0.15, 0.2) is 5.16 Å². The van der Waals surface area contributed by atoms with Crippen molar-refractivity contribution in [3.63, 3.8) is 0 Å². The van der Waals surface area contributed by atoms with Crippen LogP contribution in [-0.2, 0) is 0 Å². The molecule has 4 aromatic rings. The predicted octanol–water partition coefficient (Wildman–Crippen LogP) is 5.18. The number of thioether (sulfide) groups is 1. The molecule has 8 heteroatoms. The largest absolute Gasteiger partial charge is 0.329 e. The number of halogens is 2. The lowest BCUT2D eigenvalue weighted by Gasteiger charge is -2.21. The first-order valence-electron chi connectivity index (χ1n) is 7.46. The molecular formula is C17H13BrClN5S. The molecule has 2 aromatic heterocycles. The van der Waals surface area contributed by atoms with Crippen LogP contribution in [0.3, 0.4) is 0 Å². The summed E-state index contributed by atoms with van der Waals surface area (Å²) in [6.45, 7) is 0.